The van der Waals surface area contributed by atoms with Crippen molar-refractivity contribution in [2.24, 2.45) is 0 Å². The van der Waals surface area contributed by atoms with E-state index in [0.717, 1.165) is 0 Å². The molecule has 2 aromatic heterocycles. The lowest BCUT2D eigenvalue weighted by atomic mass is 10.3. The van der Waals surface area contributed by atoms with Crippen LogP contribution < -0.4 is 0 Å². The van der Waals surface area contributed by atoms with E-state index in [0.29, 0.717) is 17.1 Å². The summed E-state index contributed by atoms with van der Waals surface area (Å²) >= 11 is 0. The lowest BCUT2D eigenvalue weighted by Crippen LogP contribution is -2.04. The van der Waals surface area contributed by atoms with Gasteiger partial charge < -0.3 is 0 Å². The number of halogens is 3. The van der Waals surface area contributed by atoms with E-state index in [1.54, 1.807) is 24.3 Å². The maximum absolute atomic E-state index is 13.6. The van der Waals surface area contributed by atoms with E-state index < -0.39 is 17.6 Å². The molecule has 3 nitrogen and oxygen atoms in total. The van der Waals surface area contributed by atoms with Gasteiger partial charge in [-0.2, -0.15) is 9.37 Å². The first-order valence-electron chi connectivity index (χ1n) is 5.11. The van der Waals surface area contributed by atoms with Gasteiger partial charge >= 0.3 is 0 Å². The van der Waals surface area contributed by atoms with Crippen LogP contribution >= 0.6 is 0 Å². The Kier molecular flexibility index (Phi) is 2.29. The highest BCUT2D eigenvalue weighted by Crippen LogP contribution is 2.19. The number of imidazole rings is 1. The Morgan fingerprint density at radius 1 is 1.00 bits per heavy atom. The van der Waals surface area contributed by atoms with Gasteiger partial charge in [0.1, 0.15) is 6.33 Å². The van der Waals surface area contributed by atoms with Crippen molar-refractivity contribution in [2.45, 2.75) is 0 Å². The maximum atomic E-state index is 13.6. The molecule has 0 bridgehead atoms. The first-order chi connectivity index (χ1) is 8.66. The van der Waals surface area contributed by atoms with Gasteiger partial charge in [-0.1, -0.05) is 12.1 Å². The number of pyridine rings is 1. The highest BCUT2D eigenvalue weighted by Gasteiger charge is 2.15. The summed E-state index contributed by atoms with van der Waals surface area (Å²) < 4.78 is 40.8. The fraction of sp³-hybridized carbons (Fsp3) is 0. The van der Waals surface area contributed by atoms with Crippen LogP contribution in [0.4, 0.5) is 13.2 Å². The summed E-state index contributed by atoms with van der Waals surface area (Å²) in [5.74, 6) is -3.93. The number of aromatic nitrogens is 3. The summed E-state index contributed by atoms with van der Waals surface area (Å²) in [7, 11) is 0. The minimum atomic E-state index is -1.34. The summed E-state index contributed by atoms with van der Waals surface area (Å²) in [6.45, 7) is 0. The van der Waals surface area contributed by atoms with Crippen LogP contribution in [0, 0.1) is 17.6 Å². The average Bonchev–Trinajstić information content (AvgIpc) is 2.78. The number of fused-ring (bicyclic) bond motifs is 1. The third kappa shape index (κ3) is 1.54. The molecule has 6 heteroatoms. The van der Waals surface area contributed by atoms with Gasteiger partial charge in [0, 0.05) is 6.07 Å². The Balaban J connectivity index is 2.29. The predicted octanol–water partition coefficient (Wildman–Crippen LogP) is 2.84. The van der Waals surface area contributed by atoms with E-state index in [4.69, 9.17) is 0 Å². The molecule has 0 spiro atoms. The van der Waals surface area contributed by atoms with Gasteiger partial charge in [0.2, 0.25) is 0 Å². The fourth-order valence-electron chi connectivity index (χ4n) is 1.73. The molecule has 18 heavy (non-hydrogen) atoms. The van der Waals surface area contributed by atoms with E-state index in [9.17, 15) is 13.2 Å². The van der Waals surface area contributed by atoms with E-state index in [1.807, 2.05) is 0 Å². The molecule has 0 unspecified atom stereocenters. The SMILES string of the molecule is Fc1cc(F)c(-n2cnc3ccccc32)nc1F. The average molecular weight is 249 g/mol. The largest absolute Gasteiger partial charge is 0.280 e. The molecule has 0 aliphatic rings. The Bertz CT molecular complexity index is 737. The standard InChI is InChI=1S/C12H6F3N3/c13-7-5-8(14)12(17-11(7)15)18-6-16-9-3-1-2-4-10(9)18/h1-6H. The van der Waals surface area contributed by atoms with E-state index in [2.05, 4.69) is 9.97 Å². The Hall–Kier alpha value is -2.37. The van der Waals surface area contributed by atoms with Crippen molar-refractivity contribution in [3.63, 3.8) is 0 Å². The lowest BCUT2D eigenvalue weighted by molar-refractivity contribution is 0.461. The molecule has 0 saturated carbocycles. The molecule has 0 atom stereocenters. The maximum Gasteiger partial charge on any atom is 0.251 e. The normalized spacial score (nSPS) is 11.1. The Labute approximate surface area is 99.5 Å². The second-order valence-corrected chi connectivity index (χ2v) is 3.67. The summed E-state index contributed by atoms with van der Waals surface area (Å²) in [6, 6.07) is 7.38. The Morgan fingerprint density at radius 2 is 1.78 bits per heavy atom. The molecule has 90 valence electrons. The quantitative estimate of drug-likeness (QED) is 0.621. The van der Waals surface area contributed by atoms with Crippen LogP contribution in [0.3, 0.4) is 0 Å². The highest BCUT2D eigenvalue weighted by atomic mass is 19.2. The molecule has 0 aliphatic carbocycles. The second kappa shape index (κ2) is 3.83. The van der Waals surface area contributed by atoms with E-state index in [1.165, 1.54) is 10.9 Å². The number of nitrogens with zero attached hydrogens (tertiary/aromatic N) is 3. The van der Waals surface area contributed by atoms with Gasteiger partial charge in [-0.15, -0.1) is 0 Å². The number of hydrogen-bond donors (Lipinski definition) is 0. The lowest BCUT2D eigenvalue weighted by Gasteiger charge is -2.05. The molecule has 1 aromatic carbocycles. The van der Waals surface area contributed by atoms with Crippen molar-refractivity contribution < 1.29 is 13.2 Å². The third-order valence-corrected chi connectivity index (χ3v) is 2.55. The minimum Gasteiger partial charge on any atom is -0.280 e. The zero-order valence-corrected chi connectivity index (χ0v) is 8.94. The summed E-state index contributed by atoms with van der Waals surface area (Å²) in [5, 5.41) is 0. The van der Waals surface area contributed by atoms with Gasteiger partial charge in [-0.3, -0.25) is 4.57 Å². The van der Waals surface area contributed by atoms with E-state index in [-0.39, 0.29) is 5.82 Å². The van der Waals surface area contributed by atoms with Crippen molar-refractivity contribution in [1.29, 1.82) is 0 Å². The van der Waals surface area contributed by atoms with Gasteiger partial charge in [-0.25, -0.2) is 13.8 Å². The van der Waals surface area contributed by atoms with Crippen molar-refractivity contribution >= 4 is 11.0 Å². The first kappa shape index (κ1) is 10.8. The second-order valence-electron chi connectivity index (χ2n) is 3.67. The minimum absolute atomic E-state index is 0.317. The predicted molar refractivity (Wildman–Crippen MR) is 58.7 cm³/mol. The molecule has 3 aromatic rings. The van der Waals surface area contributed by atoms with Crippen LogP contribution in [0.2, 0.25) is 0 Å². The van der Waals surface area contributed by atoms with Crippen molar-refractivity contribution in [3.8, 4) is 5.82 Å². The molecule has 0 N–H and O–H groups in total. The third-order valence-electron chi connectivity index (χ3n) is 2.55. The van der Waals surface area contributed by atoms with Crippen LogP contribution in [-0.4, -0.2) is 14.5 Å². The highest BCUT2D eigenvalue weighted by molar-refractivity contribution is 5.76. The molecule has 3 rings (SSSR count). The molecule has 0 amide bonds. The molecule has 0 saturated heterocycles. The number of rotatable bonds is 1. The fourth-order valence-corrected chi connectivity index (χ4v) is 1.73. The van der Waals surface area contributed by atoms with Crippen LogP contribution in [0.5, 0.6) is 0 Å². The molecule has 0 radical (unpaired) electrons. The van der Waals surface area contributed by atoms with Gasteiger partial charge in [0.25, 0.3) is 5.95 Å². The molecule has 0 aliphatic heterocycles. The molecule has 2 heterocycles. The molecular formula is C12H6F3N3. The smallest absolute Gasteiger partial charge is 0.251 e. The first-order valence-corrected chi connectivity index (χ1v) is 5.11. The number of para-hydroxylation sites is 2. The number of benzene rings is 1. The van der Waals surface area contributed by atoms with Crippen LogP contribution in [0.1, 0.15) is 0 Å². The summed E-state index contributed by atoms with van der Waals surface area (Å²) in [5.41, 5.74) is 1.18. The van der Waals surface area contributed by atoms with Crippen LogP contribution in [0.15, 0.2) is 36.7 Å². The van der Waals surface area contributed by atoms with Crippen LogP contribution in [-0.2, 0) is 0 Å². The molecular weight excluding hydrogens is 243 g/mol. The van der Waals surface area contributed by atoms with Crippen molar-refractivity contribution in [1.82, 2.24) is 14.5 Å². The zero-order chi connectivity index (χ0) is 12.7. The van der Waals surface area contributed by atoms with E-state index >= 15 is 0 Å². The summed E-state index contributed by atoms with van der Waals surface area (Å²) in [4.78, 5) is 7.30. The number of hydrogen-bond acceptors (Lipinski definition) is 2. The van der Waals surface area contributed by atoms with Gasteiger partial charge in [-0.05, 0) is 12.1 Å². The zero-order valence-electron chi connectivity index (χ0n) is 8.94. The molecule has 0 fully saturated rings. The van der Waals surface area contributed by atoms with Crippen LogP contribution in [0.25, 0.3) is 16.9 Å². The van der Waals surface area contributed by atoms with Gasteiger partial charge in [0.05, 0.1) is 11.0 Å². The summed E-state index contributed by atoms with van der Waals surface area (Å²) in [6.07, 6.45) is 1.31. The van der Waals surface area contributed by atoms with Crippen molar-refractivity contribution in [2.75, 3.05) is 0 Å². The van der Waals surface area contributed by atoms with Gasteiger partial charge in [0.15, 0.2) is 17.5 Å². The van der Waals surface area contributed by atoms with Crippen molar-refractivity contribution in [3.05, 3.63) is 54.2 Å². The monoisotopic (exact) mass is 249 g/mol. The topological polar surface area (TPSA) is 30.7 Å². The Morgan fingerprint density at radius 3 is 2.61 bits per heavy atom.